The molecule has 0 saturated carbocycles. The van der Waals surface area contributed by atoms with E-state index in [9.17, 15) is 0 Å². The number of aryl methyl sites for hydroxylation is 1. The Bertz CT molecular complexity index is 584. The Morgan fingerprint density at radius 3 is 2.14 bits per heavy atom. The summed E-state index contributed by atoms with van der Waals surface area (Å²) in [7, 11) is 0. The Morgan fingerprint density at radius 1 is 0.857 bits per heavy atom. The molecule has 2 aromatic rings. The van der Waals surface area contributed by atoms with Crippen LogP contribution in [-0.2, 0) is 0 Å². The molecule has 0 radical (unpaired) electrons. The average molecular weight is 287 g/mol. The van der Waals surface area contributed by atoms with Crippen molar-refractivity contribution in [2.75, 3.05) is 25.6 Å². The third kappa shape index (κ3) is 4.31. The van der Waals surface area contributed by atoms with Crippen molar-refractivity contribution >= 4 is 5.69 Å². The SMILES string of the molecule is CCOc1ccccc1OCCOc1cc(N)ccc1C. The van der Waals surface area contributed by atoms with Gasteiger partial charge in [-0.25, -0.2) is 0 Å². The van der Waals surface area contributed by atoms with E-state index in [1.807, 2.05) is 56.3 Å². The third-order valence-electron chi connectivity index (χ3n) is 2.96. The summed E-state index contributed by atoms with van der Waals surface area (Å²) < 4.78 is 16.9. The lowest BCUT2D eigenvalue weighted by Gasteiger charge is -2.13. The summed E-state index contributed by atoms with van der Waals surface area (Å²) in [5, 5.41) is 0. The summed E-state index contributed by atoms with van der Waals surface area (Å²) >= 11 is 0. The molecular formula is C17H21NO3. The highest BCUT2D eigenvalue weighted by Gasteiger charge is 2.04. The number of nitrogens with two attached hydrogens (primary N) is 1. The molecule has 4 nitrogen and oxygen atoms in total. The van der Waals surface area contributed by atoms with E-state index in [1.54, 1.807) is 0 Å². The van der Waals surface area contributed by atoms with Gasteiger partial charge in [-0.1, -0.05) is 18.2 Å². The van der Waals surface area contributed by atoms with Gasteiger partial charge in [0, 0.05) is 11.8 Å². The van der Waals surface area contributed by atoms with Crippen molar-refractivity contribution in [2.45, 2.75) is 13.8 Å². The van der Waals surface area contributed by atoms with E-state index in [-0.39, 0.29) is 0 Å². The second-order valence-corrected chi connectivity index (χ2v) is 4.60. The van der Waals surface area contributed by atoms with Crippen molar-refractivity contribution in [3.63, 3.8) is 0 Å². The number of ether oxygens (including phenoxy) is 3. The van der Waals surface area contributed by atoms with Crippen LogP contribution in [0.3, 0.4) is 0 Å². The monoisotopic (exact) mass is 287 g/mol. The quantitative estimate of drug-likeness (QED) is 0.626. The lowest BCUT2D eigenvalue weighted by atomic mass is 10.2. The molecule has 0 heterocycles. The van der Waals surface area contributed by atoms with Crippen LogP contribution in [0.4, 0.5) is 5.69 Å². The van der Waals surface area contributed by atoms with E-state index in [4.69, 9.17) is 19.9 Å². The van der Waals surface area contributed by atoms with Gasteiger partial charge in [-0.15, -0.1) is 0 Å². The Kier molecular flexibility index (Phi) is 5.32. The molecule has 2 N–H and O–H groups in total. The number of benzene rings is 2. The first-order valence-corrected chi connectivity index (χ1v) is 7.04. The largest absolute Gasteiger partial charge is 0.490 e. The molecule has 0 saturated heterocycles. The molecule has 112 valence electrons. The number of hydrogen-bond acceptors (Lipinski definition) is 4. The first kappa shape index (κ1) is 15.0. The molecule has 0 aliphatic rings. The van der Waals surface area contributed by atoms with Crippen LogP contribution in [0, 0.1) is 6.92 Å². The van der Waals surface area contributed by atoms with Gasteiger partial charge in [0.15, 0.2) is 11.5 Å². The number of rotatable bonds is 7. The normalized spacial score (nSPS) is 10.2. The van der Waals surface area contributed by atoms with E-state index in [1.165, 1.54) is 0 Å². The van der Waals surface area contributed by atoms with Crippen LogP contribution in [0.5, 0.6) is 17.2 Å². The van der Waals surface area contributed by atoms with Crippen LogP contribution in [0.1, 0.15) is 12.5 Å². The van der Waals surface area contributed by atoms with Gasteiger partial charge < -0.3 is 19.9 Å². The van der Waals surface area contributed by atoms with Crippen LogP contribution in [0.2, 0.25) is 0 Å². The zero-order chi connectivity index (χ0) is 15.1. The summed E-state index contributed by atoms with van der Waals surface area (Å²) in [6.07, 6.45) is 0. The van der Waals surface area contributed by atoms with Crippen molar-refractivity contribution < 1.29 is 14.2 Å². The van der Waals surface area contributed by atoms with Gasteiger partial charge in [0.2, 0.25) is 0 Å². The highest BCUT2D eigenvalue weighted by Crippen LogP contribution is 2.26. The van der Waals surface area contributed by atoms with Gasteiger partial charge in [0.1, 0.15) is 19.0 Å². The number of nitrogen functional groups attached to an aromatic ring is 1. The lowest BCUT2D eigenvalue weighted by molar-refractivity contribution is 0.208. The first-order chi connectivity index (χ1) is 10.2. The molecule has 0 spiro atoms. The first-order valence-electron chi connectivity index (χ1n) is 7.04. The number of para-hydroxylation sites is 2. The van der Waals surface area contributed by atoms with Crippen LogP contribution < -0.4 is 19.9 Å². The minimum absolute atomic E-state index is 0.443. The second-order valence-electron chi connectivity index (χ2n) is 4.60. The zero-order valence-electron chi connectivity index (χ0n) is 12.5. The van der Waals surface area contributed by atoms with Crippen LogP contribution >= 0.6 is 0 Å². The molecule has 21 heavy (non-hydrogen) atoms. The minimum Gasteiger partial charge on any atom is -0.490 e. The van der Waals surface area contributed by atoms with Gasteiger partial charge in [0.05, 0.1) is 6.61 Å². The summed E-state index contributed by atoms with van der Waals surface area (Å²) in [6, 6.07) is 13.2. The maximum Gasteiger partial charge on any atom is 0.161 e. The Morgan fingerprint density at radius 2 is 1.48 bits per heavy atom. The topological polar surface area (TPSA) is 53.7 Å². The molecule has 2 aromatic carbocycles. The minimum atomic E-state index is 0.443. The molecule has 4 heteroatoms. The highest BCUT2D eigenvalue weighted by molar-refractivity contribution is 5.47. The van der Waals surface area contributed by atoms with Gasteiger partial charge in [-0.05, 0) is 37.6 Å². The zero-order valence-corrected chi connectivity index (χ0v) is 12.5. The van der Waals surface area contributed by atoms with Gasteiger partial charge in [-0.2, -0.15) is 0 Å². The molecule has 0 aromatic heterocycles. The van der Waals surface area contributed by atoms with E-state index >= 15 is 0 Å². The Labute approximate surface area is 125 Å². The third-order valence-corrected chi connectivity index (χ3v) is 2.96. The van der Waals surface area contributed by atoms with Crippen molar-refractivity contribution in [2.24, 2.45) is 0 Å². The molecule has 0 atom stereocenters. The number of hydrogen-bond donors (Lipinski definition) is 1. The Hall–Kier alpha value is -2.36. The maximum absolute atomic E-state index is 5.75. The Balaban J connectivity index is 1.86. The number of anilines is 1. The highest BCUT2D eigenvalue weighted by atomic mass is 16.5. The van der Waals surface area contributed by atoms with Gasteiger partial charge in [-0.3, -0.25) is 0 Å². The average Bonchev–Trinajstić information content (AvgIpc) is 2.49. The van der Waals surface area contributed by atoms with Gasteiger partial charge >= 0.3 is 0 Å². The van der Waals surface area contributed by atoms with Crippen LogP contribution in [0.15, 0.2) is 42.5 Å². The smallest absolute Gasteiger partial charge is 0.161 e. The fourth-order valence-electron chi connectivity index (χ4n) is 1.92. The van der Waals surface area contributed by atoms with Crippen LogP contribution in [0.25, 0.3) is 0 Å². The lowest BCUT2D eigenvalue weighted by Crippen LogP contribution is -2.10. The van der Waals surface area contributed by atoms with E-state index in [2.05, 4.69) is 0 Å². The predicted octanol–water partition coefficient (Wildman–Crippen LogP) is 3.43. The standard InChI is InChI=1S/C17H21NO3/c1-3-19-15-6-4-5-7-16(15)20-10-11-21-17-12-14(18)9-8-13(17)2/h4-9,12H,3,10-11,18H2,1-2H3. The summed E-state index contributed by atoms with van der Waals surface area (Å²) in [6.45, 7) is 5.44. The summed E-state index contributed by atoms with van der Waals surface area (Å²) in [5.74, 6) is 2.27. The van der Waals surface area contributed by atoms with E-state index < -0.39 is 0 Å². The molecule has 0 fully saturated rings. The fraction of sp³-hybridized carbons (Fsp3) is 0.294. The molecule has 0 amide bonds. The van der Waals surface area contributed by atoms with E-state index in [0.717, 1.165) is 22.8 Å². The van der Waals surface area contributed by atoms with Gasteiger partial charge in [0.25, 0.3) is 0 Å². The molecule has 0 aliphatic carbocycles. The molecule has 0 unspecified atom stereocenters. The second kappa shape index (κ2) is 7.43. The van der Waals surface area contributed by atoms with E-state index in [0.29, 0.717) is 25.5 Å². The maximum atomic E-state index is 5.75. The molecule has 0 aliphatic heterocycles. The fourth-order valence-corrected chi connectivity index (χ4v) is 1.92. The molecule has 2 rings (SSSR count). The molecule has 0 bridgehead atoms. The summed E-state index contributed by atoms with van der Waals surface area (Å²) in [5.41, 5.74) is 7.50. The van der Waals surface area contributed by atoms with Crippen LogP contribution in [-0.4, -0.2) is 19.8 Å². The van der Waals surface area contributed by atoms with Crippen molar-refractivity contribution in [1.29, 1.82) is 0 Å². The summed E-state index contributed by atoms with van der Waals surface area (Å²) in [4.78, 5) is 0. The van der Waals surface area contributed by atoms with Crippen molar-refractivity contribution in [1.82, 2.24) is 0 Å². The predicted molar refractivity (Wildman–Crippen MR) is 84.2 cm³/mol. The van der Waals surface area contributed by atoms with Crippen molar-refractivity contribution in [3.05, 3.63) is 48.0 Å². The van der Waals surface area contributed by atoms with Crippen molar-refractivity contribution in [3.8, 4) is 17.2 Å². The molecular weight excluding hydrogens is 266 g/mol.